The number of ether oxygens (including phenoxy) is 2. The lowest BCUT2D eigenvalue weighted by Gasteiger charge is -2.30. The molecule has 0 bridgehead atoms. The molecule has 1 fully saturated rings. The Kier molecular flexibility index (Phi) is 5.08. The van der Waals surface area contributed by atoms with Gasteiger partial charge in [0.2, 0.25) is 0 Å². The minimum absolute atomic E-state index is 0.804. The van der Waals surface area contributed by atoms with E-state index >= 15 is 0 Å². The van der Waals surface area contributed by atoms with Crippen LogP contribution in [-0.4, -0.2) is 38.8 Å². The molecule has 3 heteroatoms. The monoisotopic (exact) mass is 263 g/mol. The summed E-state index contributed by atoms with van der Waals surface area (Å²) in [4.78, 5) is 2.57. The first-order chi connectivity index (χ1) is 9.22. The summed E-state index contributed by atoms with van der Waals surface area (Å²) in [6, 6.07) is 6.21. The Hall–Kier alpha value is -1.22. The SMILES string of the molecule is COc1ccc(CCN2CCC(C)CC2)cc1OC. The van der Waals surface area contributed by atoms with E-state index in [-0.39, 0.29) is 0 Å². The quantitative estimate of drug-likeness (QED) is 0.815. The third-order valence-electron chi connectivity index (χ3n) is 4.04. The molecule has 0 aliphatic carbocycles. The van der Waals surface area contributed by atoms with E-state index in [1.807, 2.05) is 6.07 Å². The molecule has 1 aliphatic heterocycles. The van der Waals surface area contributed by atoms with E-state index in [0.717, 1.165) is 30.4 Å². The molecule has 1 heterocycles. The Labute approximate surface area is 116 Å². The van der Waals surface area contributed by atoms with Crippen LogP contribution in [0, 0.1) is 5.92 Å². The number of likely N-dealkylation sites (tertiary alicyclic amines) is 1. The van der Waals surface area contributed by atoms with Crippen LogP contribution in [-0.2, 0) is 6.42 Å². The maximum atomic E-state index is 5.34. The van der Waals surface area contributed by atoms with Crippen molar-refractivity contribution in [3.63, 3.8) is 0 Å². The first kappa shape index (κ1) is 14.2. The molecule has 2 rings (SSSR count). The van der Waals surface area contributed by atoms with Gasteiger partial charge >= 0.3 is 0 Å². The summed E-state index contributed by atoms with van der Waals surface area (Å²) >= 11 is 0. The maximum Gasteiger partial charge on any atom is 0.160 e. The first-order valence-corrected chi connectivity index (χ1v) is 7.16. The van der Waals surface area contributed by atoms with Gasteiger partial charge in [-0.1, -0.05) is 13.0 Å². The van der Waals surface area contributed by atoms with Crippen molar-refractivity contribution < 1.29 is 9.47 Å². The Morgan fingerprint density at radius 3 is 2.42 bits per heavy atom. The summed E-state index contributed by atoms with van der Waals surface area (Å²) in [6.45, 7) is 5.98. The van der Waals surface area contributed by atoms with Crippen LogP contribution in [0.15, 0.2) is 18.2 Å². The normalized spacial score (nSPS) is 17.4. The molecule has 0 amide bonds. The molecule has 0 aromatic heterocycles. The van der Waals surface area contributed by atoms with Gasteiger partial charge in [-0.2, -0.15) is 0 Å². The fourth-order valence-electron chi connectivity index (χ4n) is 2.61. The molecule has 19 heavy (non-hydrogen) atoms. The van der Waals surface area contributed by atoms with Gasteiger partial charge in [0.1, 0.15) is 0 Å². The molecule has 0 unspecified atom stereocenters. The van der Waals surface area contributed by atoms with Crippen molar-refractivity contribution in [1.82, 2.24) is 4.90 Å². The lowest BCUT2D eigenvalue weighted by molar-refractivity contribution is 0.194. The van der Waals surface area contributed by atoms with Crippen LogP contribution in [0.5, 0.6) is 11.5 Å². The van der Waals surface area contributed by atoms with Crippen molar-refractivity contribution in [2.75, 3.05) is 33.9 Å². The number of hydrogen-bond donors (Lipinski definition) is 0. The van der Waals surface area contributed by atoms with Crippen LogP contribution in [0.1, 0.15) is 25.3 Å². The van der Waals surface area contributed by atoms with Gasteiger partial charge in [-0.3, -0.25) is 0 Å². The molecule has 1 aromatic rings. The highest BCUT2D eigenvalue weighted by Crippen LogP contribution is 2.27. The van der Waals surface area contributed by atoms with Crippen LogP contribution in [0.2, 0.25) is 0 Å². The lowest BCUT2D eigenvalue weighted by atomic mass is 9.99. The Morgan fingerprint density at radius 1 is 1.11 bits per heavy atom. The zero-order valence-corrected chi connectivity index (χ0v) is 12.3. The summed E-state index contributed by atoms with van der Waals surface area (Å²) < 4.78 is 10.6. The van der Waals surface area contributed by atoms with E-state index in [9.17, 15) is 0 Å². The minimum atomic E-state index is 0.804. The smallest absolute Gasteiger partial charge is 0.160 e. The topological polar surface area (TPSA) is 21.7 Å². The molecule has 106 valence electrons. The van der Waals surface area contributed by atoms with Crippen LogP contribution in [0.3, 0.4) is 0 Å². The predicted molar refractivity (Wildman–Crippen MR) is 78.1 cm³/mol. The average Bonchev–Trinajstić information content (AvgIpc) is 2.46. The van der Waals surface area contributed by atoms with Gasteiger partial charge in [0.15, 0.2) is 11.5 Å². The highest BCUT2D eigenvalue weighted by molar-refractivity contribution is 5.42. The van der Waals surface area contributed by atoms with Crippen molar-refractivity contribution >= 4 is 0 Å². The Morgan fingerprint density at radius 2 is 1.79 bits per heavy atom. The van der Waals surface area contributed by atoms with Crippen LogP contribution < -0.4 is 9.47 Å². The number of rotatable bonds is 5. The molecule has 3 nitrogen and oxygen atoms in total. The lowest BCUT2D eigenvalue weighted by Crippen LogP contribution is -2.34. The minimum Gasteiger partial charge on any atom is -0.493 e. The van der Waals surface area contributed by atoms with Gasteiger partial charge in [-0.15, -0.1) is 0 Å². The summed E-state index contributed by atoms with van der Waals surface area (Å²) in [6.07, 6.45) is 3.76. The molecule has 1 aromatic carbocycles. The fraction of sp³-hybridized carbons (Fsp3) is 0.625. The van der Waals surface area contributed by atoms with E-state index in [2.05, 4.69) is 24.0 Å². The summed E-state index contributed by atoms with van der Waals surface area (Å²) in [5.41, 5.74) is 1.32. The second kappa shape index (κ2) is 6.80. The van der Waals surface area contributed by atoms with E-state index < -0.39 is 0 Å². The highest BCUT2D eigenvalue weighted by Gasteiger charge is 2.15. The van der Waals surface area contributed by atoms with Gasteiger partial charge in [-0.25, -0.2) is 0 Å². The second-order valence-electron chi connectivity index (χ2n) is 5.46. The van der Waals surface area contributed by atoms with Crippen LogP contribution >= 0.6 is 0 Å². The first-order valence-electron chi connectivity index (χ1n) is 7.16. The van der Waals surface area contributed by atoms with E-state index in [4.69, 9.17) is 9.47 Å². The molecule has 0 spiro atoms. The number of benzene rings is 1. The Balaban J connectivity index is 1.89. The summed E-state index contributed by atoms with van der Waals surface area (Å²) in [5.74, 6) is 2.53. The molecule has 1 aliphatic rings. The van der Waals surface area contributed by atoms with Gasteiger partial charge in [-0.05, 0) is 56.0 Å². The third-order valence-corrected chi connectivity index (χ3v) is 4.04. The molecular formula is C16H25NO2. The zero-order chi connectivity index (χ0) is 13.7. The van der Waals surface area contributed by atoms with E-state index in [1.165, 1.54) is 31.5 Å². The van der Waals surface area contributed by atoms with Gasteiger partial charge in [0, 0.05) is 6.54 Å². The molecule has 0 N–H and O–H groups in total. The number of nitrogens with zero attached hydrogens (tertiary/aromatic N) is 1. The molecule has 0 radical (unpaired) electrons. The van der Waals surface area contributed by atoms with Crippen molar-refractivity contribution in [1.29, 1.82) is 0 Å². The summed E-state index contributed by atoms with van der Waals surface area (Å²) in [7, 11) is 3.36. The van der Waals surface area contributed by atoms with E-state index in [1.54, 1.807) is 14.2 Å². The fourth-order valence-corrected chi connectivity index (χ4v) is 2.61. The van der Waals surface area contributed by atoms with Crippen molar-refractivity contribution in [2.45, 2.75) is 26.2 Å². The van der Waals surface area contributed by atoms with Gasteiger partial charge < -0.3 is 14.4 Å². The van der Waals surface area contributed by atoms with E-state index in [0.29, 0.717) is 0 Å². The van der Waals surface area contributed by atoms with Gasteiger partial charge in [0.25, 0.3) is 0 Å². The predicted octanol–water partition coefficient (Wildman–Crippen LogP) is 2.98. The largest absolute Gasteiger partial charge is 0.493 e. The van der Waals surface area contributed by atoms with Crippen molar-refractivity contribution in [3.05, 3.63) is 23.8 Å². The summed E-state index contributed by atoms with van der Waals surface area (Å²) in [5, 5.41) is 0. The molecular weight excluding hydrogens is 238 g/mol. The number of methoxy groups -OCH3 is 2. The Bertz CT molecular complexity index is 398. The molecule has 0 saturated carbocycles. The number of hydrogen-bond acceptors (Lipinski definition) is 3. The average molecular weight is 263 g/mol. The number of piperidine rings is 1. The third kappa shape index (κ3) is 3.87. The highest BCUT2D eigenvalue weighted by atomic mass is 16.5. The van der Waals surface area contributed by atoms with Gasteiger partial charge in [0.05, 0.1) is 14.2 Å². The standard InChI is InChI=1S/C16H25NO2/c1-13-6-9-17(10-7-13)11-8-14-4-5-15(18-2)16(12-14)19-3/h4-5,12-13H,6-11H2,1-3H3. The van der Waals surface area contributed by atoms with Crippen molar-refractivity contribution in [2.24, 2.45) is 5.92 Å². The van der Waals surface area contributed by atoms with Crippen LogP contribution in [0.25, 0.3) is 0 Å². The van der Waals surface area contributed by atoms with Crippen LogP contribution in [0.4, 0.5) is 0 Å². The van der Waals surface area contributed by atoms with Crippen molar-refractivity contribution in [3.8, 4) is 11.5 Å². The molecule has 1 saturated heterocycles. The molecule has 0 atom stereocenters. The maximum absolute atomic E-state index is 5.34. The second-order valence-corrected chi connectivity index (χ2v) is 5.46. The zero-order valence-electron chi connectivity index (χ0n) is 12.3.